The van der Waals surface area contributed by atoms with E-state index in [0.717, 1.165) is 22.5 Å². The molecule has 0 radical (unpaired) electrons. The molecule has 6 nitrogen and oxygen atoms in total. The second kappa shape index (κ2) is 8.35. The van der Waals surface area contributed by atoms with Crippen LogP contribution in [0.15, 0.2) is 54.6 Å². The lowest BCUT2D eigenvalue weighted by atomic mass is 10.0. The molecule has 0 unspecified atom stereocenters. The normalized spacial score (nSPS) is 15.8. The Morgan fingerprint density at radius 1 is 1.07 bits per heavy atom. The Balaban J connectivity index is 1.90. The predicted molar refractivity (Wildman–Crippen MR) is 107 cm³/mol. The van der Waals surface area contributed by atoms with Crippen molar-refractivity contribution >= 4 is 34.9 Å². The number of halogens is 1. The molecule has 0 spiro atoms. The van der Waals surface area contributed by atoms with E-state index < -0.39 is 5.97 Å². The average Bonchev–Trinajstić information content (AvgIpc) is 3.12. The summed E-state index contributed by atoms with van der Waals surface area (Å²) in [6.07, 6.45) is 1.49. The van der Waals surface area contributed by atoms with E-state index in [1.54, 1.807) is 12.1 Å². The van der Waals surface area contributed by atoms with Crippen molar-refractivity contribution in [3.63, 3.8) is 0 Å². The van der Waals surface area contributed by atoms with Gasteiger partial charge in [0.15, 0.2) is 0 Å². The maximum atomic E-state index is 12.6. The lowest BCUT2D eigenvalue weighted by Crippen LogP contribution is -2.40. The van der Waals surface area contributed by atoms with Gasteiger partial charge in [0.25, 0.3) is 0 Å². The number of hydrogen-bond acceptors (Lipinski definition) is 5. The molecule has 0 aliphatic carbocycles. The minimum absolute atomic E-state index is 0.136. The molecule has 2 aromatic rings. The molecule has 0 saturated heterocycles. The molecule has 3 rings (SSSR count). The molecule has 28 heavy (non-hydrogen) atoms. The maximum absolute atomic E-state index is 12.6. The second-order valence-corrected chi connectivity index (χ2v) is 7.20. The van der Waals surface area contributed by atoms with Crippen molar-refractivity contribution in [3.05, 3.63) is 70.8 Å². The maximum Gasteiger partial charge on any atom is 0.242 e. The quantitative estimate of drug-likeness (QED) is 0.808. The van der Waals surface area contributed by atoms with Gasteiger partial charge in [-0.2, -0.15) is 0 Å². The molecule has 0 fully saturated rings. The highest BCUT2D eigenvalue weighted by Gasteiger charge is 2.30. The summed E-state index contributed by atoms with van der Waals surface area (Å²) in [4.78, 5) is 25.4. The fraction of sp³-hybridized carbons (Fsp3) is 0.238. The van der Waals surface area contributed by atoms with Gasteiger partial charge in [-0.05, 0) is 47.9 Å². The highest BCUT2D eigenvalue weighted by atomic mass is 35.5. The Bertz CT molecular complexity index is 892. The zero-order valence-electron chi connectivity index (χ0n) is 15.7. The van der Waals surface area contributed by atoms with Gasteiger partial charge in [-0.1, -0.05) is 35.9 Å². The SMILES string of the molecule is CN(C)c1ccc([C@H]2C=C(c3ccc(Cl)cc3)NN2C(=O)CCC(=O)[O-])cc1. The number of carbonyl (C=O) groups is 2. The third kappa shape index (κ3) is 4.46. The van der Waals surface area contributed by atoms with Crippen LogP contribution in [0, 0.1) is 0 Å². The van der Waals surface area contributed by atoms with Gasteiger partial charge in [0.1, 0.15) is 0 Å². The third-order valence-corrected chi connectivity index (χ3v) is 4.81. The Morgan fingerprint density at radius 3 is 2.29 bits per heavy atom. The molecule has 1 heterocycles. The number of rotatable bonds is 6. The zero-order valence-corrected chi connectivity index (χ0v) is 16.4. The van der Waals surface area contributed by atoms with E-state index in [9.17, 15) is 14.7 Å². The number of nitrogens with zero attached hydrogens (tertiary/aromatic N) is 2. The van der Waals surface area contributed by atoms with Gasteiger partial charge in [0.05, 0.1) is 11.7 Å². The molecule has 1 atom stereocenters. The van der Waals surface area contributed by atoms with Crippen molar-refractivity contribution in [3.8, 4) is 0 Å². The second-order valence-electron chi connectivity index (χ2n) is 6.77. The number of benzene rings is 2. The van der Waals surface area contributed by atoms with Crippen LogP contribution < -0.4 is 15.4 Å². The molecule has 0 bridgehead atoms. The van der Waals surface area contributed by atoms with Crippen molar-refractivity contribution in [2.75, 3.05) is 19.0 Å². The van der Waals surface area contributed by atoms with Gasteiger partial charge in [-0.3, -0.25) is 10.2 Å². The van der Waals surface area contributed by atoms with Crippen LogP contribution in [-0.2, 0) is 9.59 Å². The topological polar surface area (TPSA) is 75.7 Å². The van der Waals surface area contributed by atoms with E-state index in [0.29, 0.717) is 5.02 Å². The van der Waals surface area contributed by atoms with E-state index in [4.69, 9.17) is 11.6 Å². The molecule has 7 heteroatoms. The predicted octanol–water partition coefficient (Wildman–Crippen LogP) is 2.37. The molecule has 1 N–H and O–H groups in total. The summed E-state index contributed by atoms with van der Waals surface area (Å²) in [5.41, 5.74) is 6.73. The molecule has 0 aromatic heterocycles. The molecular formula is C21H21ClN3O3-. The number of aliphatic carboxylic acids is 1. The summed E-state index contributed by atoms with van der Waals surface area (Å²) in [6.45, 7) is 0. The van der Waals surface area contributed by atoms with E-state index in [1.807, 2.05) is 61.5 Å². The number of carboxylic acid groups (broad SMARTS) is 1. The van der Waals surface area contributed by atoms with Crippen LogP contribution in [0.25, 0.3) is 5.70 Å². The van der Waals surface area contributed by atoms with Gasteiger partial charge >= 0.3 is 0 Å². The molecule has 146 valence electrons. The molecule has 1 amide bonds. The molecular weight excluding hydrogens is 378 g/mol. The van der Waals surface area contributed by atoms with Gasteiger partial charge < -0.3 is 14.8 Å². The van der Waals surface area contributed by atoms with Gasteiger partial charge in [0, 0.05) is 37.2 Å². The van der Waals surface area contributed by atoms with Gasteiger partial charge in [-0.25, -0.2) is 5.01 Å². The summed E-state index contributed by atoms with van der Waals surface area (Å²) in [6, 6.07) is 14.8. The van der Waals surface area contributed by atoms with Crippen LogP contribution in [0.5, 0.6) is 0 Å². The third-order valence-electron chi connectivity index (χ3n) is 4.56. The Labute approximate surface area is 169 Å². The van der Waals surface area contributed by atoms with Gasteiger partial charge in [0.2, 0.25) is 5.91 Å². The number of carboxylic acids is 1. The van der Waals surface area contributed by atoms with Crippen molar-refractivity contribution in [2.45, 2.75) is 18.9 Å². The first-order chi connectivity index (χ1) is 13.3. The summed E-state index contributed by atoms with van der Waals surface area (Å²) < 4.78 is 0. The number of anilines is 1. The number of carbonyl (C=O) groups excluding carboxylic acids is 2. The summed E-state index contributed by atoms with van der Waals surface area (Å²) >= 11 is 5.96. The minimum Gasteiger partial charge on any atom is -0.550 e. The van der Waals surface area contributed by atoms with Crippen LogP contribution in [0.1, 0.15) is 30.0 Å². The highest BCUT2D eigenvalue weighted by Crippen LogP contribution is 2.33. The number of hydrazine groups is 1. The van der Waals surface area contributed by atoms with Crippen molar-refractivity contribution < 1.29 is 14.7 Å². The fourth-order valence-corrected chi connectivity index (χ4v) is 3.15. The van der Waals surface area contributed by atoms with Crippen LogP contribution in [-0.4, -0.2) is 31.0 Å². The van der Waals surface area contributed by atoms with Crippen LogP contribution in [0.2, 0.25) is 5.02 Å². The monoisotopic (exact) mass is 398 g/mol. The summed E-state index contributed by atoms with van der Waals surface area (Å²) in [5, 5.41) is 12.9. The van der Waals surface area contributed by atoms with Crippen molar-refractivity contribution in [1.29, 1.82) is 0 Å². The highest BCUT2D eigenvalue weighted by molar-refractivity contribution is 6.30. The number of hydrogen-bond donors (Lipinski definition) is 1. The van der Waals surface area contributed by atoms with Crippen LogP contribution in [0.3, 0.4) is 0 Å². The van der Waals surface area contributed by atoms with Crippen LogP contribution in [0.4, 0.5) is 5.69 Å². The van der Waals surface area contributed by atoms with Gasteiger partial charge in [-0.15, -0.1) is 0 Å². The smallest absolute Gasteiger partial charge is 0.242 e. The van der Waals surface area contributed by atoms with E-state index in [-0.39, 0.29) is 24.8 Å². The molecule has 0 saturated carbocycles. The molecule has 1 aliphatic rings. The van der Waals surface area contributed by atoms with E-state index in [1.165, 1.54) is 5.01 Å². The Kier molecular flexibility index (Phi) is 5.90. The van der Waals surface area contributed by atoms with E-state index in [2.05, 4.69) is 5.43 Å². The first-order valence-electron chi connectivity index (χ1n) is 8.89. The molecule has 1 aliphatic heterocycles. The number of amides is 1. The summed E-state index contributed by atoms with van der Waals surface area (Å²) in [7, 11) is 3.92. The lowest BCUT2D eigenvalue weighted by Gasteiger charge is -2.26. The van der Waals surface area contributed by atoms with E-state index >= 15 is 0 Å². The Morgan fingerprint density at radius 2 is 1.71 bits per heavy atom. The largest absolute Gasteiger partial charge is 0.550 e. The molecule has 2 aromatic carbocycles. The van der Waals surface area contributed by atoms with Crippen molar-refractivity contribution in [1.82, 2.24) is 10.4 Å². The average molecular weight is 399 g/mol. The minimum atomic E-state index is -1.25. The number of nitrogens with one attached hydrogen (secondary N) is 1. The first-order valence-corrected chi connectivity index (χ1v) is 9.26. The van der Waals surface area contributed by atoms with Crippen molar-refractivity contribution in [2.24, 2.45) is 0 Å². The zero-order chi connectivity index (χ0) is 20.3. The Hall–Kier alpha value is -2.99. The lowest BCUT2D eigenvalue weighted by molar-refractivity contribution is -0.305. The standard InChI is InChI=1S/C21H22ClN3O3/c1-24(2)17-9-5-15(6-10-17)19-13-18(14-3-7-16(22)8-4-14)23-25(19)20(26)11-12-21(27)28/h3-10,13,19,23H,11-12H2,1-2H3,(H,27,28)/p-1/t19-/m1/s1. The first kappa shape index (κ1) is 19.8. The fourth-order valence-electron chi connectivity index (χ4n) is 3.02. The van der Waals surface area contributed by atoms with Crippen LogP contribution >= 0.6 is 11.6 Å². The summed E-state index contributed by atoms with van der Waals surface area (Å²) in [5.74, 6) is -1.56.